The average molecular weight is 300 g/mol. The van der Waals surface area contributed by atoms with Crippen molar-refractivity contribution in [3.8, 4) is 6.07 Å². The van der Waals surface area contributed by atoms with Crippen LogP contribution in [0.25, 0.3) is 10.9 Å². The van der Waals surface area contributed by atoms with E-state index < -0.39 is 0 Å². The molecule has 0 radical (unpaired) electrons. The highest BCUT2D eigenvalue weighted by atomic mass is 79.9. The van der Waals surface area contributed by atoms with Gasteiger partial charge in [0.2, 0.25) is 0 Å². The van der Waals surface area contributed by atoms with E-state index in [0.717, 1.165) is 19.8 Å². The summed E-state index contributed by atoms with van der Waals surface area (Å²) in [7, 11) is 0. The summed E-state index contributed by atoms with van der Waals surface area (Å²) in [5.74, 6) is 0. The first-order valence-corrected chi connectivity index (χ1v) is 5.17. The second-order valence-corrected chi connectivity index (χ2v) is 4.36. The van der Waals surface area contributed by atoms with E-state index in [9.17, 15) is 0 Å². The lowest BCUT2D eigenvalue weighted by molar-refractivity contribution is 1.37. The molecule has 4 heteroatoms. The Morgan fingerprint density at radius 3 is 2.54 bits per heavy atom. The van der Waals surface area contributed by atoms with Crippen molar-refractivity contribution in [2.45, 2.75) is 0 Å². The van der Waals surface area contributed by atoms with Gasteiger partial charge in [-0.1, -0.05) is 0 Å². The molecule has 1 heterocycles. The van der Waals surface area contributed by atoms with Crippen LogP contribution in [0.4, 0.5) is 0 Å². The number of nitriles is 1. The monoisotopic (exact) mass is 298 g/mol. The van der Waals surface area contributed by atoms with Crippen molar-refractivity contribution in [1.82, 2.24) is 4.98 Å². The van der Waals surface area contributed by atoms with E-state index in [4.69, 9.17) is 5.26 Å². The van der Waals surface area contributed by atoms with Crippen LogP contribution in [0.15, 0.2) is 27.1 Å². The molecule has 0 atom stereocenters. The number of nitrogens with one attached hydrogen (secondary N) is 1. The lowest BCUT2D eigenvalue weighted by Gasteiger charge is -1.94. The number of aromatic nitrogens is 1. The minimum absolute atomic E-state index is 0.583. The number of hydrogen-bond acceptors (Lipinski definition) is 1. The number of H-pyrrole nitrogens is 1. The maximum atomic E-state index is 8.67. The largest absolute Gasteiger partial charge is 0.346 e. The van der Waals surface area contributed by atoms with Crippen molar-refractivity contribution in [3.63, 3.8) is 0 Å². The normalized spacial score (nSPS) is 10.2. The average Bonchev–Trinajstić information content (AvgIpc) is 2.48. The standard InChI is InChI=1S/C9H4Br2N2/c10-7-2-5-1-6(4-12)13-9(5)3-8(7)11/h1-3,13H. The van der Waals surface area contributed by atoms with E-state index >= 15 is 0 Å². The van der Waals surface area contributed by atoms with Gasteiger partial charge in [-0.2, -0.15) is 5.26 Å². The van der Waals surface area contributed by atoms with Crippen LogP contribution in [-0.2, 0) is 0 Å². The Morgan fingerprint density at radius 2 is 1.85 bits per heavy atom. The van der Waals surface area contributed by atoms with Crippen LogP contribution in [0.5, 0.6) is 0 Å². The molecule has 0 aliphatic rings. The number of rotatable bonds is 0. The minimum Gasteiger partial charge on any atom is -0.346 e. The molecular formula is C9H4Br2N2. The fourth-order valence-electron chi connectivity index (χ4n) is 1.19. The molecular weight excluding hydrogens is 296 g/mol. The smallest absolute Gasteiger partial charge is 0.118 e. The molecule has 2 nitrogen and oxygen atoms in total. The number of hydrogen-bond donors (Lipinski definition) is 1. The van der Waals surface area contributed by atoms with Crippen LogP contribution >= 0.6 is 31.9 Å². The fourth-order valence-corrected chi connectivity index (χ4v) is 1.89. The van der Waals surface area contributed by atoms with Crippen LogP contribution in [0.2, 0.25) is 0 Å². The van der Waals surface area contributed by atoms with Crippen molar-refractivity contribution in [1.29, 1.82) is 5.26 Å². The lowest BCUT2D eigenvalue weighted by atomic mass is 10.2. The molecule has 0 saturated carbocycles. The van der Waals surface area contributed by atoms with E-state index in [-0.39, 0.29) is 0 Å². The summed E-state index contributed by atoms with van der Waals surface area (Å²) >= 11 is 6.80. The topological polar surface area (TPSA) is 39.6 Å². The third-order valence-electron chi connectivity index (χ3n) is 1.78. The molecule has 2 aromatic rings. The number of aromatic amines is 1. The predicted octanol–water partition coefficient (Wildman–Crippen LogP) is 3.56. The van der Waals surface area contributed by atoms with E-state index in [0.29, 0.717) is 5.69 Å². The van der Waals surface area contributed by atoms with E-state index in [1.165, 1.54) is 0 Å². The van der Waals surface area contributed by atoms with Crippen LogP contribution in [0.3, 0.4) is 0 Å². The van der Waals surface area contributed by atoms with Gasteiger partial charge in [0, 0.05) is 19.8 Å². The molecule has 2 rings (SSSR count). The van der Waals surface area contributed by atoms with Crippen molar-refractivity contribution in [2.75, 3.05) is 0 Å². The van der Waals surface area contributed by atoms with Gasteiger partial charge < -0.3 is 4.98 Å². The second kappa shape index (κ2) is 3.17. The summed E-state index contributed by atoms with van der Waals surface area (Å²) in [5, 5.41) is 9.71. The van der Waals surface area contributed by atoms with Crippen LogP contribution in [0, 0.1) is 11.3 Å². The first kappa shape index (κ1) is 8.79. The zero-order chi connectivity index (χ0) is 9.42. The van der Waals surface area contributed by atoms with Gasteiger partial charge in [0.1, 0.15) is 11.8 Å². The SMILES string of the molecule is N#Cc1cc2cc(Br)c(Br)cc2[nH]1. The van der Waals surface area contributed by atoms with E-state index in [2.05, 4.69) is 42.9 Å². The van der Waals surface area contributed by atoms with Gasteiger partial charge in [0.05, 0.1) is 0 Å². The highest BCUT2D eigenvalue weighted by Gasteiger charge is 2.03. The van der Waals surface area contributed by atoms with Gasteiger partial charge in [0.25, 0.3) is 0 Å². The zero-order valence-electron chi connectivity index (χ0n) is 6.44. The van der Waals surface area contributed by atoms with Gasteiger partial charge in [-0.25, -0.2) is 0 Å². The maximum absolute atomic E-state index is 8.67. The third kappa shape index (κ3) is 1.50. The summed E-state index contributed by atoms with van der Waals surface area (Å²) in [5.41, 5.74) is 1.55. The quantitative estimate of drug-likeness (QED) is 0.794. The minimum atomic E-state index is 0.583. The van der Waals surface area contributed by atoms with Gasteiger partial charge in [-0.3, -0.25) is 0 Å². The first-order valence-electron chi connectivity index (χ1n) is 3.58. The van der Waals surface area contributed by atoms with Crippen molar-refractivity contribution >= 4 is 42.8 Å². The Morgan fingerprint density at radius 1 is 1.15 bits per heavy atom. The summed E-state index contributed by atoms with van der Waals surface area (Å²) < 4.78 is 1.97. The number of nitrogens with zero attached hydrogens (tertiary/aromatic N) is 1. The first-order chi connectivity index (χ1) is 6.20. The number of fused-ring (bicyclic) bond motifs is 1. The highest BCUT2D eigenvalue weighted by molar-refractivity contribution is 9.13. The zero-order valence-corrected chi connectivity index (χ0v) is 9.61. The Bertz CT molecular complexity index is 469. The Hall–Kier alpha value is -0.790. The molecule has 1 N–H and O–H groups in total. The highest BCUT2D eigenvalue weighted by Crippen LogP contribution is 2.28. The molecule has 0 unspecified atom stereocenters. The van der Waals surface area contributed by atoms with Gasteiger partial charge in [-0.15, -0.1) is 0 Å². The van der Waals surface area contributed by atoms with Gasteiger partial charge >= 0.3 is 0 Å². The van der Waals surface area contributed by atoms with Gasteiger partial charge in [-0.05, 0) is 50.1 Å². The summed E-state index contributed by atoms with van der Waals surface area (Å²) in [6.45, 7) is 0. The molecule has 0 fully saturated rings. The molecule has 0 bridgehead atoms. The summed E-state index contributed by atoms with van der Waals surface area (Å²) in [6.07, 6.45) is 0. The Labute approximate surface area is 91.8 Å². The lowest BCUT2D eigenvalue weighted by Crippen LogP contribution is -1.71. The number of benzene rings is 1. The second-order valence-electron chi connectivity index (χ2n) is 2.65. The van der Waals surface area contributed by atoms with Crippen molar-refractivity contribution < 1.29 is 0 Å². The molecule has 64 valence electrons. The molecule has 1 aromatic heterocycles. The molecule has 0 spiro atoms. The van der Waals surface area contributed by atoms with Crippen molar-refractivity contribution in [3.05, 3.63) is 32.8 Å². The molecule has 0 aliphatic carbocycles. The molecule has 13 heavy (non-hydrogen) atoms. The summed E-state index contributed by atoms with van der Waals surface area (Å²) in [4.78, 5) is 3.00. The molecule has 0 saturated heterocycles. The Kier molecular flexibility index (Phi) is 2.14. The fraction of sp³-hybridized carbons (Fsp3) is 0. The van der Waals surface area contributed by atoms with E-state index in [1.807, 2.05) is 18.2 Å². The van der Waals surface area contributed by atoms with Crippen LogP contribution in [-0.4, -0.2) is 4.98 Å². The maximum Gasteiger partial charge on any atom is 0.118 e. The van der Waals surface area contributed by atoms with Crippen LogP contribution in [0.1, 0.15) is 5.69 Å². The van der Waals surface area contributed by atoms with Crippen molar-refractivity contribution in [2.24, 2.45) is 0 Å². The molecule has 0 aliphatic heterocycles. The third-order valence-corrected chi connectivity index (χ3v) is 3.63. The predicted molar refractivity (Wildman–Crippen MR) is 58.4 cm³/mol. The number of halogens is 2. The molecule has 1 aromatic carbocycles. The van der Waals surface area contributed by atoms with E-state index in [1.54, 1.807) is 0 Å². The molecule has 0 amide bonds. The Balaban J connectivity index is 2.79. The summed E-state index contributed by atoms with van der Waals surface area (Å²) in [6, 6.07) is 7.81. The van der Waals surface area contributed by atoms with Gasteiger partial charge in [0.15, 0.2) is 0 Å². The van der Waals surface area contributed by atoms with Crippen LogP contribution < -0.4 is 0 Å².